The van der Waals surface area contributed by atoms with Gasteiger partial charge in [-0.1, -0.05) is 6.92 Å². The summed E-state index contributed by atoms with van der Waals surface area (Å²) in [6.07, 6.45) is 2.44. The summed E-state index contributed by atoms with van der Waals surface area (Å²) in [6, 6.07) is 3.26. The molecule has 206 valence electrons. The van der Waals surface area contributed by atoms with Crippen molar-refractivity contribution >= 4 is 17.6 Å². The summed E-state index contributed by atoms with van der Waals surface area (Å²) in [5.74, 6) is -1.13. The second kappa shape index (κ2) is 10.9. The molecule has 1 aromatic heterocycles. The fourth-order valence-electron chi connectivity index (χ4n) is 5.32. The van der Waals surface area contributed by atoms with Gasteiger partial charge in [0.2, 0.25) is 0 Å². The highest BCUT2D eigenvalue weighted by Gasteiger charge is 2.35. The lowest BCUT2D eigenvalue weighted by molar-refractivity contribution is -0.160. The molecule has 1 amide bonds. The molecule has 2 heterocycles. The van der Waals surface area contributed by atoms with Gasteiger partial charge >= 0.3 is 5.97 Å². The molecule has 1 fully saturated rings. The van der Waals surface area contributed by atoms with Crippen LogP contribution in [0.25, 0.3) is 11.1 Å². The van der Waals surface area contributed by atoms with Gasteiger partial charge in [-0.3, -0.25) is 4.79 Å². The van der Waals surface area contributed by atoms with Crippen LogP contribution in [-0.4, -0.2) is 46.8 Å². The van der Waals surface area contributed by atoms with Gasteiger partial charge in [-0.2, -0.15) is 0 Å². The molecule has 38 heavy (non-hydrogen) atoms. The van der Waals surface area contributed by atoms with E-state index >= 15 is 4.39 Å². The van der Waals surface area contributed by atoms with E-state index in [-0.39, 0.29) is 34.5 Å². The van der Waals surface area contributed by atoms with Gasteiger partial charge in [-0.05, 0) is 89.5 Å². The molecule has 9 heteroatoms. The van der Waals surface area contributed by atoms with Crippen LogP contribution < -0.4 is 15.4 Å². The Hall–Kier alpha value is -3.20. The van der Waals surface area contributed by atoms with Crippen molar-refractivity contribution in [2.24, 2.45) is 5.92 Å². The number of ether oxygens (including phenoxy) is 2. The Bertz CT molecular complexity index is 1230. The molecule has 3 N–H and O–H groups in total. The average Bonchev–Trinajstić information content (AvgIpc) is 2.85. The van der Waals surface area contributed by atoms with Gasteiger partial charge < -0.3 is 25.2 Å². The first-order chi connectivity index (χ1) is 17.9. The third-order valence-corrected chi connectivity index (χ3v) is 7.23. The van der Waals surface area contributed by atoms with Crippen molar-refractivity contribution in [3.63, 3.8) is 0 Å². The SMILES string of the molecule is Cc1nc(C(=O)NC2CCC(C)CC2)c(C)c(-c2ccc3c(c2F)NCCO3)c1[C@H](OC(C)(C)C)C(=O)O. The van der Waals surface area contributed by atoms with Crippen LogP contribution in [-0.2, 0) is 9.53 Å². The van der Waals surface area contributed by atoms with Crippen molar-refractivity contribution in [2.45, 2.75) is 85.0 Å². The minimum atomic E-state index is -1.42. The van der Waals surface area contributed by atoms with Crippen LogP contribution in [0.4, 0.5) is 10.1 Å². The van der Waals surface area contributed by atoms with Crippen molar-refractivity contribution in [3.05, 3.63) is 40.5 Å². The van der Waals surface area contributed by atoms with Gasteiger partial charge in [-0.15, -0.1) is 0 Å². The largest absolute Gasteiger partial charge is 0.489 e. The second-order valence-corrected chi connectivity index (χ2v) is 11.4. The van der Waals surface area contributed by atoms with E-state index in [0.29, 0.717) is 41.6 Å². The number of fused-ring (bicyclic) bond motifs is 1. The van der Waals surface area contributed by atoms with E-state index < -0.39 is 23.5 Å². The topological polar surface area (TPSA) is 110 Å². The monoisotopic (exact) mass is 527 g/mol. The molecule has 1 saturated carbocycles. The maximum absolute atomic E-state index is 16.0. The molecule has 2 aliphatic rings. The normalized spacial score (nSPS) is 20.1. The fourth-order valence-corrected chi connectivity index (χ4v) is 5.32. The van der Waals surface area contributed by atoms with E-state index in [0.717, 1.165) is 25.7 Å². The van der Waals surface area contributed by atoms with Gasteiger partial charge in [-0.25, -0.2) is 14.2 Å². The number of carboxylic acids is 1. The molecule has 1 aliphatic heterocycles. The van der Waals surface area contributed by atoms with Gasteiger partial charge in [0, 0.05) is 29.4 Å². The summed E-state index contributed by atoms with van der Waals surface area (Å²) in [4.78, 5) is 30.5. The molecular formula is C29H38FN3O5. The summed E-state index contributed by atoms with van der Waals surface area (Å²) in [5.41, 5.74) is 0.925. The lowest BCUT2D eigenvalue weighted by atomic mass is 9.87. The molecule has 0 saturated heterocycles. The average molecular weight is 528 g/mol. The highest BCUT2D eigenvalue weighted by Crippen LogP contribution is 2.43. The van der Waals surface area contributed by atoms with Crippen molar-refractivity contribution in [2.75, 3.05) is 18.5 Å². The highest BCUT2D eigenvalue weighted by molar-refractivity contribution is 5.97. The standard InChI is InChI=1S/C29H38FN3O5/c1-15-7-9-18(10-8-15)33-27(34)24-16(2)21(19-11-12-20-25(23(19)30)31-13-14-37-20)22(17(3)32-24)26(28(35)36)38-29(4,5)6/h11-12,15,18,26,31H,7-10,13-14H2,1-6H3,(H,33,34)(H,35,36)/t15?,18?,26-/m0/s1. The lowest BCUT2D eigenvalue weighted by Crippen LogP contribution is -2.38. The molecule has 8 nitrogen and oxygen atoms in total. The number of nitrogens with one attached hydrogen (secondary N) is 2. The first-order valence-electron chi connectivity index (χ1n) is 13.3. The predicted octanol–water partition coefficient (Wildman–Crippen LogP) is 5.56. The molecular weight excluding hydrogens is 489 g/mol. The van der Waals surface area contributed by atoms with Crippen LogP contribution in [0.15, 0.2) is 12.1 Å². The number of aromatic nitrogens is 1. The Morgan fingerprint density at radius 1 is 1.21 bits per heavy atom. The quantitative estimate of drug-likeness (QED) is 0.451. The molecule has 1 aliphatic carbocycles. The zero-order valence-corrected chi connectivity index (χ0v) is 23.0. The van der Waals surface area contributed by atoms with Crippen LogP contribution in [0.2, 0.25) is 0 Å². The molecule has 1 aromatic carbocycles. The first kappa shape index (κ1) is 27.8. The van der Waals surface area contributed by atoms with E-state index in [2.05, 4.69) is 22.5 Å². The second-order valence-electron chi connectivity index (χ2n) is 11.4. The van der Waals surface area contributed by atoms with Gasteiger partial charge in [0.15, 0.2) is 11.9 Å². The third-order valence-electron chi connectivity index (χ3n) is 7.23. The molecule has 0 unspecified atom stereocenters. The van der Waals surface area contributed by atoms with E-state index in [1.807, 2.05) is 0 Å². The lowest BCUT2D eigenvalue weighted by Gasteiger charge is -2.30. The molecule has 0 bridgehead atoms. The predicted molar refractivity (Wildman–Crippen MR) is 143 cm³/mol. The summed E-state index contributed by atoms with van der Waals surface area (Å²) in [7, 11) is 0. The van der Waals surface area contributed by atoms with Gasteiger partial charge in [0.1, 0.15) is 23.7 Å². The number of anilines is 1. The molecule has 4 rings (SSSR count). The number of amides is 1. The van der Waals surface area contributed by atoms with Crippen LogP contribution in [0.1, 0.15) is 86.8 Å². The minimum absolute atomic E-state index is 0.0427. The minimum Gasteiger partial charge on any atom is -0.489 e. The number of aliphatic carboxylic acids is 1. The number of aryl methyl sites for hydroxylation is 1. The Labute approximate surface area is 223 Å². The number of hydrogen-bond donors (Lipinski definition) is 3. The zero-order valence-electron chi connectivity index (χ0n) is 23.0. The number of carbonyl (C=O) groups is 2. The Kier molecular flexibility index (Phi) is 7.97. The van der Waals surface area contributed by atoms with Crippen molar-refractivity contribution in [3.8, 4) is 16.9 Å². The van der Waals surface area contributed by atoms with Crippen LogP contribution in [0, 0.1) is 25.6 Å². The molecule has 2 aromatic rings. The number of pyridine rings is 1. The molecule has 0 radical (unpaired) electrons. The fraction of sp³-hybridized carbons (Fsp3) is 0.552. The number of halogens is 1. The summed E-state index contributed by atoms with van der Waals surface area (Å²) < 4.78 is 27.6. The Morgan fingerprint density at radius 3 is 2.53 bits per heavy atom. The number of carboxylic acid groups (broad SMARTS) is 1. The smallest absolute Gasteiger partial charge is 0.337 e. The summed E-state index contributed by atoms with van der Waals surface area (Å²) >= 11 is 0. The van der Waals surface area contributed by atoms with E-state index in [1.165, 1.54) is 0 Å². The van der Waals surface area contributed by atoms with Gasteiger partial charge in [0.25, 0.3) is 5.91 Å². The zero-order chi connectivity index (χ0) is 27.8. The number of carbonyl (C=O) groups excluding carboxylic acids is 1. The van der Waals surface area contributed by atoms with E-state index in [1.54, 1.807) is 46.8 Å². The van der Waals surface area contributed by atoms with E-state index in [9.17, 15) is 14.7 Å². The number of benzene rings is 1. The van der Waals surface area contributed by atoms with Crippen LogP contribution in [0.5, 0.6) is 5.75 Å². The van der Waals surface area contributed by atoms with Crippen LogP contribution >= 0.6 is 0 Å². The maximum Gasteiger partial charge on any atom is 0.337 e. The van der Waals surface area contributed by atoms with E-state index in [4.69, 9.17) is 9.47 Å². The van der Waals surface area contributed by atoms with Crippen LogP contribution in [0.3, 0.4) is 0 Å². The van der Waals surface area contributed by atoms with Crippen molar-refractivity contribution in [1.82, 2.24) is 10.3 Å². The van der Waals surface area contributed by atoms with Crippen molar-refractivity contribution in [1.29, 1.82) is 0 Å². The number of hydrogen-bond acceptors (Lipinski definition) is 6. The maximum atomic E-state index is 16.0. The number of rotatable bonds is 6. The Morgan fingerprint density at radius 2 is 1.89 bits per heavy atom. The summed E-state index contributed by atoms with van der Waals surface area (Å²) in [6.45, 7) is 11.6. The molecule has 1 atom stereocenters. The Balaban J connectivity index is 1.89. The summed E-state index contributed by atoms with van der Waals surface area (Å²) in [5, 5.41) is 16.3. The third kappa shape index (κ3) is 5.77. The first-order valence-corrected chi connectivity index (χ1v) is 13.3. The molecule has 0 spiro atoms. The highest BCUT2D eigenvalue weighted by atomic mass is 19.1. The van der Waals surface area contributed by atoms with Crippen molar-refractivity contribution < 1.29 is 28.6 Å². The number of nitrogens with zero attached hydrogens (tertiary/aromatic N) is 1. The van der Waals surface area contributed by atoms with Gasteiger partial charge in [0.05, 0.1) is 5.60 Å².